The first kappa shape index (κ1) is 20.6. The lowest BCUT2D eigenvalue weighted by molar-refractivity contribution is -0.146. The summed E-state index contributed by atoms with van der Waals surface area (Å²) >= 11 is 0. The van der Waals surface area contributed by atoms with Crippen molar-refractivity contribution < 1.29 is 39.5 Å². The standard InChI is InChI=1S/C21H22O8/c1-11-6-13(23)9-16(24)18(11)20(26)29-17-8-12-7-14(4-3-5-22)28-10-15(12)19(25)21(17,2)27/h3-4,6-7,9,17,22-24,27H,5,8,10H2,1-2H3/t17-,21-/m1/s1. The summed E-state index contributed by atoms with van der Waals surface area (Å²) in [6.07, 6.45) is 3.51. The number of hydrogen-bond acceptors (Lipinski definition) is 8. The molecule has 0 radical (unpaired) electrons. The number of esters is 1. The molecule has 0 aromatic heterocycles. The minimum atomic E-state index is -1.97. The molecule has 2 atom stereocenters. The molecule has 8 heteroatoms. The summed E-state index contributed by atoms with van der Waals surface area (Å²) in [6.45, 7) is 2.58. The molecule has 1 aliphatic heterocycles. The van der Waals surface area contributed by atoms with Crippen molar-refractivity contribution >= 4 is 11.8 Å². The monoisotopic (exact) mass is 402 g/mol. The fourth-order valence-electron chi connectivity index (χ4n) is 3.42. The van der Waals surface area contributed by atoms with Gasteiger partial charge in [-0.2, -0.15) is 0 Å². The smallest absolute Gasteiger partial charge is 0.342 e. The van der Waals surface area contributed by atoms with Gasteiger partial charge in [0.1, 0.15) is 35.5 Å². The Balaban J connectivity index is 1.90. The molecule has 29 heavy (non-hydrogen) atoms. The Hall–Kier alpha value is -3.10. The van der Waals surface area contributed by atoms with Crippen LogP contribution in [0.4, 0.5) is 0 Å². The van der Waals surface area contributed by atoms with Gasteiger partial charge in [0.2, 0.25) is 0 Å². The Kier molecular flexibility index (Phi) is 5.50. The minimum absolute atomic E-state index is 0.0373. The summed E-state index contributed by atoms with van der Waals surface area (Å²) in [6, 6.07) is 2.30. The average molecular weight is 402 g/mol. The number of allylic oxidation sites excluding steroid dienone is 2. The van der Waals surface area contributed by atoms with Crippen LogP contribution in [0.2, 0.25) is 0 Å². The Morgan fingerprint density at radius 3 is 2.76 bits per heavy atom. The molecule has 0 bridgehead atoms. The number of aromatic hydroxyl groups is 2. The van der Waals surface area contributed by atoms with E-state index in [1.54, 1.807) is 12.2 Å². The second kappa shape index (κ2) is 7.73. The van der Waals surface area contributed by atoms with Gasteiger partial charge in [0.15, 0.2) is 11.4 Å². The predicted molar refractivity (Wildman–Crippen MR) is 101 cm³/mol. The normalized spacial score (nSPS) is 24.2. The molecule has 0 spiro atoms. The number of rotatable bonds is 4. The number of benzene rings is 1. The van der Waals surface area contributed by atoms with Crippen LogP contribution in [0, 0.1) is 6.92 Å². The fraction of sp³-hybridized carbons (Fsp3) is 0.333. The summed E-state index contributed by atoms with van der Waals surface area (Å²) in [7, 11) is 0. The van der Waals surface area contributed by atoms with E-state index in [-0.39, 0.29) is 36.5 Å². The van der Waals surface area contributed by atoms with E-state index in [2.05, 4.69) is 0 Å². The highest BCUT2D eigenvalue weighted by Crippen LogP contribution is 2.37. The zero-order valence-electron chi connectivity index (χ0n) is 16.0. The van der Waals surface area contributed by atoms with E-state index in [1.807, 2.05) is 0 Å². The van der Waals surface area contributed by atoms with E-state index >= 15 is 0 Å². The van der Waals surface area contributed by atoms with Crippen molar-refractivity contribution in [3.05, 3.63) is 58.4 Å². The summed E-state index contributed by atoms with van der Waals surface area (Å²) < 4.78 is 10.9. The molecule has 0 amide bonds. The average Bonchev–Trinajstić information content (AvgIpc) is 2.63. The number of ether oxygens (including phenoxy) is 2. The fourth-order valence-corrected chi connectivity index (χ4v) is 3.42. The maximum Gasteiger partial charge on any atom is 0.342 e. The van der Waals surface area contributed by atoms with E-state index < -0.39 is 29.2 Å². The van der Waals surface area contributed by atoms with Crippen molar-refractivity contribution in [1.29, 1.82) is 0 Å². The Labute approximate surface area is 167 Å². The number of hydrogen-bond donors (Lipinski definition) is 4. The number of phenolic OH excluding ortho intramolecular Hbond substituents is 2. The molecule has 4 N–H and O–H groups in total. The van der Waals surface area contributed by atoms with Gasteiger partial charge in [-0.05, 0) is 43.2 Å². The molecule has 1 aromatic rings. The van der Waals surface area contributed by atoms with Gasteiger partial charge < -0.3 is 29.9 Å². The Bertz CT molecular complexity index is 928. The van der Waals surface area contributed by atoms with Crippen molar-refractivity contribution in [3.8, 4) is 11.5 Å². The number of Topliss-reactive ketones (excluding diaryl/α,β-unsaturated/α-hetero) is 1. The number of carbonyl (C=O) groups excluding carboxylic acids is 2. The third-order valence-electron chi connectivity index (χ3n) is 4.99. The van der Waals surface area contributed by atoms with Gasteiger partial charge >= 0.3 is 5.97 Å². The third-order valence-corrected chi connectivity index (χ3v) is 4.99. The van der Waals surface area contributed by atoms with E-state index in [0.29, 0.717) is 16.9 Å². The summed E-state index contributed by atoms with van der Waals surface area (Å²) in [5.74, 6) is -1.76. The highest BCUT2D eigenvalue weighted by Gasteiger charge is 2.48. The quantitative estimate of drug-likeness (QED) is 0.556. The van der Waals surface area contributed by atoms with Gasteiger partial charge in [0, 0.05) is 18.1 Å². The van der Waals surface area contributed by atoms with Crippen LogP contribution in [0.3, 0.4) is 0 Å². The van der Waals surface area contributed by atoms with Crippen LogP contribution >= 0.6 is 0 Å². The molecular weight excluding hydrogens is 380 g/mol. The first-order valence-electron chi connectivity index (χ1n) is 8.99. The number of ketones is 1. The lowest BCUT2D eigenvalue weighted by atomic mass is 9.77. The van der Waals surface area contributed by atoms with Crippen molar-refractivity contribution in [1.82, 2.24) is 0 Å². The van der Waals surface area contributed by atoms with Gasteiger partial charge in [0.25, 0.3) is 0 Å². The molecule has 0 fully saturated rings. The molecule has 1 aromatic carbocycles. The maximum atomic E-state index is 12.8. The van der Waals surface area contributed by atoms with E-state index in [0.717, 1.165) is 6.07 Å². The van der Waals surface area contributed by atoms with Crippen molar-refractivity contribution in [2.75, 3.05) is 13.2 Å². The maximum absolute atomic E-state index is 12.8. The number of phenols is 2. The van der Waals surface area contributed by atoms with Gasteiger partial charge in [0.05, 0.1) is 6.61 Å². The number of carbonyl (C=O) groups is 2. The van der Waals surface area contributed by atoms with Crippen LogP contribution in [0.15, 0.2) is 47.3 Å². The van der Waals surface area contributed by atoms with Gasteiger partial charge in [-0.25, -0.2) is 4.79 Å². The van der Waals surface area contributed by atoms with E-state index in [4.69, 9.17) is 14.6 Å². The molecule has 154 valence electrons. The zero-order valence-corrected chi connectivity index (χ0v) is 16.0. The summed E-state index contributed by atoms with van der Waals surface area (Å²) in [5.41, 5.74) is -0.969. The van der Waals surface area contributed by atoms with Crippen molar-refractivity contribution in [2.45, 2.75) is 32.0 Å². The summed E-state index contributed by atoms with van der Waals surface area (Å²) in [4.78, 5) is 25.4. The first-order valence-corrected chi connectivity index (χ1v) is 8.99. The van der Waals surface area contributed by atoms with Crippen LogP contribution in [-0.4, -0.2) is 57.1 Å². The number of aryl methyl sites for hydroxylation is 1. The molecule has 2 aliphatic rings. The van der Waals surface area contributed by atoms with E-state index in [9.17, 15) is 24.9 Å². The second-order valence-electron chi connectivity index (χ2n) is 7.16. The van der Waals surface area contributed by atoms with Gasteiger partial charge in [-0.1, -0.05) is 6.08 Å². The zero-order chi connectivity index (χ0) is 21.3. The minimum Gasteiger partial charge on any atom is -0.508 e. The molecular formula is C21H22O8. The Morgan fingerprint density at radius 1 is 1.38 bits per heavy atom. The lowest BCUT2D eigenvalue weighted by Gasteiger charge is -2.38. The summed E-state index contributed by atoms with van der Waals surface area (Å²) in [5, 5.41) is 39.1. The largest absolute Gasteiger partial charge is 0.508 e. The van der Waals surface area contributed by atoms with Gasteiger partial charge in [-0.3, -0.25) is 4.79 Å². The number of aliphatic hydroxyl groups excluding tert-OH is 1. The molecule has 3 rings (SSSR count). The molecule has 1 heterocycles. The van der Waals surface area contributed by atoms with Crippen LogP contribution < -0.4 is 0 Å². The molecule has 0 unspecified atom stereocenters. The predicted octanol–water partition coefficient (Wildman–Crippen LogP) is 1.41. The third kappa shape index (κ3) is 3.90. The second-order valence-corrected chi connectivity index (χ2v) is 7.16. The van der Waals surface area contributed by atoms with Gasteiger partial charge in [-0.15, -0.1) is 0 Å². The van der Waals surface area contributed by atoms with Crippen LogP contribution in [-0.2, 0) is 14.3 Å². The van der Waals surface area contributed by atoms with Crippen molar-refractivity contribution in [3.63, 3.8) is 0 Å². The first-order chi connectivity index (χ1) is 13.6. The topological polar surface area (TPSA) is 134 Å². The van der Waals surface area contributed by atoms with Crippen LogP contribution in [0.25, 0.3) is 0 Å². The van der Waals surface area contributed by atoms with Crippen LogP contribution in [0.5, 0.6) is 11.5 Å². The van der Waals surface area contributed by atoms with Crippen molar-refractivity contribution in [2.24, 2.45) is 0 Å². The number of aliphatic hydroxyl groups is 2. The lowest BCUT2D eigenvalue weighted by Crippen LogP contribution is -2.53. The SMILES string of the molecule is Cc1cc(O)cc(O)c1C(=O)O[C@@H]1CC2=C(COC(C=CCO)=C2)C(=O)[C@]1(C)O. The highest BCUT2D eigenvalue weighted by atomic mass is 16.6. The molecule has 8 nitrogen and oxygen atoms in total. The Morgan fingerprint density at radius 2 is 2.10 bits per heavy atom. The molecule has 1 aliphatic carbocycles. The van der Waals surface area contributed by atoms with Crippen LogP contribution in [0.1, 0.15) is 29.3 Å². The highest BCUT2D eigenvalue weighted by molar-refractivity contribution is 6.05. The molecule has 0 saturated heterocycles. The van der Waals surface area contributed by atoms with E-state index in [1.165, 1.54) is 26.0 Å². The molecule has 0 saturated carbocycles.